The number of carbonyl (C=O) groups excluding carboxylic acids is 1. The highest BCUT2D eigenvalue weighted by atomic mass is 16.3. The molecule has 2 N–H and O–H groups in total. The van der Waals surface area contributed by atoms with Crippen LogP contribution in [0.3, 0.4) is 0 Å². The van der Waals surface area contributed by atoms with Crippen molar-refractivity contribution in [3.05, 3.63) is 23.7 Å². The third-order valence-electron chi connectivity index (χ3n) is 1.46. The van der Waals surface area contributed by atoms with Crippen LogP contribution in [0, 0.1) is 0 Å². The lowest BCUT2D eigenvalue weighted by atomic mass is 10.2. The Labute approximate surface area is 70.9 Å². The van der Waals surface area contributed by atoms with E-state index >= 15 is 0 Å². The zero-order valence-corrected chi connectivity index (χ0v) is 7.20. The van der Waals surface area contributed by atoms with Gasteiger partial charge in [0, 0.05) is 12.1 Å². The molecule has 0 radical (unpaired) electrons. The van der Waals surface area contributed by atoms with Crippen LogP contribution in [-0.2, 0) is 6.54 Å². The molecule has 0 atom stereocenters. The summed E-state index contributed by atoms with van der Waals surface area (Å²) in [5.74, 6) is -0.263. The summed E-state index contributed by atoms with van der Waals surface area (Å²) in [6, 6.07) is 1.75. The average molecular weight is 168 g/mol. The predicted molar refractivity (Wildman–Crippen MR) is 44.6 cm³/mol. The fourth-order valence-electron chi connectivity index (χ4n) is 1.02. The van der Waals surface area contributed by atoms with E-state index in [9.17, 15) is 4.79 Å². The Kier molecular flexibility index (Phi) is 2.50. The van der Waals surface area contributed by atoms with Crippen molar-refractivity contribution >= 4 is 5.91 Å². The van der Waals surface area contributed by atoms with E-state index in [1.54, 1.807) is 6.07 Å². The van der Waals surface area contributed by atoms with E-state index in [0.717, 1.165) is 5.56 Å². The number of rotatable bonds is 3. The monoisotopic (exact) mass is 168 g/mol. The van der Waals surface area contributed by atoms with Crippen LogP contribution in [0.1, 0.15) is 16.1 Å². The largest absolute Gasteiger partial charge is 0.459 e. The topological polar surface area (TPSA) is 59.5 Å². The first-order chi connectivity index (χ1) is 5.61. The van der Waals surface area contributed by atoms with Crippen molar-refractivity contribution < 1.29 is 9.21 Å². The molecule has 4 heteroatoms. The van der Waals surface area contributed by atoms with Gasteiger partial charge >= 0.3 is 0 Å². The second-order valence-corrected chi connectivity index (χ2v) is 2.88. The number of hydrogen-bond donors (Lipinski definition) is 1. The molecule has 4 nitrogen and oxygen atoms in total. The Balaban J connectivity index is 2.84. The number of amides is 1. The first-order valence-electron chi connectivity index (χ1n) is 3.62. The summed E-state index contributed by atoms with van der Waals surface area (Å²) < 4.78 is 4.93. The van der Waals surface area contributed by atoms with Gasteiger partial charge in [-0.05, 0) is 20.2 Å². The molecular weight excluding hydrogens is 156 g/mol. The van der Waals surface area contributed by atoms with Gasteiger partial charge in [0.25, 0.3) is 5.91 Å². The SMILES string of the molecule is CN(C)Cc1ccoc1C(N)=O. The van der Waals surface area contributed by atoms with Gasteiger partial charge in [-0.25, -0.2) is 0 Å². The molecule has 0 saturated heterocycles. The van der Waals surface area contributed by atoms with Crippen LogP contribution in [0.4, 0.5) is 0 Å². The predicted octanol–water partition coefficient (Wildman–Crippen LogP) is 0.440. The zero-order chi connectivity index (χ0) is 9.14. The lowest BCUT2D eigenvalue weighted by Crippen LogP contribution is -2.16. The van der Waals surface area contributed by atoms with Crippen molar-refractivity contribution in [2.75, 3.05) is 14.1 Å². The summed E-state index contributed by atoms with van der Waals surface area (Å²) in [5, 5.41) is 0. The van der Waals surface area contributed by atoms with Crippen molar-refractivity contribution in [3.8, 4) is 0 Å². The molecule has 12 heavy (non-hydrogen) atoms. The molecule has 0 fully saturated rings. The zero-order valence-electron chi connectivity index (χ0n) is 7.20. The summed E-state index contributed by atoms with van der Waals surface area (Å²) >= 11 is 0. The van der Waals surface area contributed by atoms with Gasteiger partial charge < -0.3 is 15.1 Å². The first kappa shape index (κ1) is 8.80. The summed E-state index contributed by atoms with van der Waals surface area (Å²) in [6.07, 6.45) is 1.47. The highest BCUT2D eigenvalue weighted by Crippen LogP contribution is 2.10. The van der Waals surface area contributed by atoms with E-state index in [1.807, 2.05) is 19.0 Å². The Morgan fingerprint density at radius 2 is 2.33 bits per heavy atom. The number of furan rings is 1. The third-order valence-corrected chi connectivity index (χ3v) is 1.46. The van der Waals surface area contributed by atoms with Gasteiger partial charge in [-0.3, -0.25) is 4.79 Å². The molecule has 0 aliphatic rings. The van der Waals surface area contributed by atoms with E-state index < -0.39 is 5.91 Å². The quantitative estimate of drug-likeness (QED) is 0.712. The Bertz CT molecular complexity index is 278. The van der Waals surface area contributed by atoms with Crippen molar-refractivity contribution in [2.45, 2.75) is 6.54 Å². The maximum Gasteiger partial charge on any atom is 0.284 e. The summed E-state index contributed by atoms with van der Waals surface area (Å²) in [5.41, 5.74) is 5.91. The smallest absolute Gasteiger partial charge is 0.284 e. The van der Waals surface area contributed by atoms with E-state index in [4.69, 9.17) is 10.2 Å². The number of hydrogen-bond acceptors (Lipinski definition) is 3. The Morgan fingerprint density at radius 1 is 1.67 bits per heavy atom. The number of carbonyl (C=O) groups is 1. The number of primary amides is 1. The molecule has 0 aliphatic heterocycles. The van der Waals surface area contributed by atoms with E-state index in [-0.39, 0.29) is 5.76 Å². The second kappa shape index (κ2) is 3.40. The minimum atomic E-state index is -0.517. The molecule has 1 rings (SSSR count). The highest BCUT2D eigenvalue weighted by Gasteiger charge is 2.11. The Hall–Kier alpha value is -1.29. The molecule has 66 valence electrons. The van der Waals surface area contributed by atoms with Crippen molar-refractivity contribution in [2.24, 2.45) is 5.73 Å². The molecule has 1 aromatic heterocycles. The molecule has 0 aromatic carbocycles. The molecule has 1 aromatic rings. The number of nitrogens with two attached hydrogens (primary N) is 1. The summed E-state index contributed by atoms with van der Waals surface area (Å²) in [6.45, 7) is 0.661. The molecule has 0 bridgehead atoms. The van der Waals surface area contributed by atoms with Crippen LogP contribution >= 0.6 is 0 Å². The van der Waals surface area contributed by atoms with Gasteiger partial charge in [0.1, 0.15) is 0 Å². The normalized spacial score (nSPS) is 10.6. The van der Waals surface area contributed by atoms with E-state index in [0.29, 0.717) is 6.54 Å². The maximum atomic E-state index is 10.8. The van der Waals surface area contributed by atoms with Crippen molar-refractivity contribution in [1.29, 1.82) is 0 Å². The van der Waals surface area contributed by atoms with Gasteiger partial charge in [0.05, 0.1) is 6.26 Å². The molecule has 0 unspecified atom stereocenters. The minimum Gasteiger partial charge on any atom is -0.459 e. The highest BCUT2D eigenvalue weighted by molar-refractivity contribution is 5.91. The molecule has 0 spiro atoms. The van der Waals surface area contributed by atoms with Crippen LogP contribution < -0.4 is 5.73 Å². The van der Waals surface area contributed by atoms with Crippen LogP contribution in [0.25, 0.3) is 0 Å². The number of nitrogens with zero attached hydrogens (tertiary/aromatic N) is 1. The molecular formula is C8H12N2O2. The molecule has 0 aliphatic carbocycles. The van der Waals surface area contributed by atoms with Gasteiger partial charge in [-0.15, -0.1) is 0 Å². The van der Waals surface area contributed by atoms with Crippen LogP contribution in [0.5, 0.6) is 0 Å². The molecule has 1 amide bonds. The molecule has 1 heterocycles. The van der Waals surface area contributed by atoms with Gasteiger partial charge in [-0.2, -0.15) is 0 Å². The van der Waals surface area contributed by atoms with Crippen LogP contribution in [-0.4, -0.2) is 24.9 Å². The Morgan fingerprint density at radius 3 is 2.83 bits per heavy atom. The maximum absolute atomic E-state index is 10.8. The molecule has 0 saturated carbocycles. The van der Waals surface area contributed by atoms with Gasteiger partial charge in [0.15, 0.2) is 5.76 Å². The van der Waals surface area contributed by atoms with Crippen molar-refractivity contribution in [1.82, 2.24) is 4.90 Å². The second-order valence-electron chi connectivity index (χ2n) is 2.88. The lowest BCUT2D eigenvalue weighted by Gasteiger charge is -2.07. The third kappa shape index (κ3) is 1.85. The lowest BCUT2D eigenvalue weighted by molar-refractivity contribution is 0.0972. The van der Waals surface area contributed by atoms with E-state index in [2.05, 4.69) is 0 Å². The van der Waals surface area contributed by atoms with Crippen LogP contribution in [0.2, 0.25) is 0 Å². The first-order valence-corrected chi connectivity index (χ1v) is 3.62. The fraction of sp³-hybridized carbons (Fsp3) is 0.375. The average Bonchev–Trinajstić information content (AvgIpc) is 2.33. The fourth-order valence-corrected chi connectivity index (χ4v) is 1.02. The van der Waals surface area contributed by atoms with E-state index in [1.165, 1.54) is 6.26 Å². The van der Waals surface area contributed by atoms with Crippen LogP contribution in [0.15, 0.2) is 16.7 Å². The summed E-state index contributed by atoms with van der Waals surface area (Å²) in [7, 11) is 3.83. The summed E-state index contributed by atoms with van der Waals surface area (Å²) in [4.78, 5) is 12.7. The van der Waals surface area contributed by atoms with Gasteiger partial charge in [0.2, 0.25) is 0 Å². The minimum absolute atomic E-state index is 0.253. The van der Waals surface area contributed by atoms with Gasteiger partial charge in [-0.1, -0.05) is 0 Å². The van der Waals surface area contributed by atoms with Crippen molar-refractivity contribution in [3.63, 3.8) is 0 Å². The standard InChI is InChI=1S/C8H12N2O2/c1-10(2)5-6-3-4-12-7(6)8(9)11/h3-4H,5H2,1-2H3,(H2,9,11).